The van der Waals surface area contributed by atoms with Gasteiger partial charge in [-0.05, 0) is 48.9 Å². The lowest BCUT2D eigenvalue weighted by atomic mass is 10.00. The molecule has 206 valence electrons. The van der Waals surface area contributed by atoms with Crippen LogP contribution in [0.1, 0.15) is 48.8 Å². The molecular formula is C26H33F5N2O3S. The van der Waals surface area contributed by atoms with E-state index in [-0.39, 0.29) is 29.9 Å². The Hall–Kier alpha value is -2.08. The van der Waals surface area contributed by atoms with Crippen LogP contribution in [0, 0.1) is 11.6 Å². The number of ether oxygens (including phenoxy) is 1. The first-order chi connectivity index (χ1) is 17.3. The van der Waals surface area contributed by atoms with Crippen molar-refractivity contribution in [1.29, 1.82) is 0 Å². The maximum Gasteiger partial charge on any atom is 0.419 e. The summed E-state index contributed by atoms with van der Waals surface area (Å²) in [6.07, 6.45) is -1.88. The fraction of sp³-hybridized carbons (Fsp3) is 0.538. The van der Waals surface area contributed by atoms with E-state index in [1.165, 1.54) is 34.8 Å². The topological polar surface area (TPSA) is 49.9 Å². The van der Waals surface area contributed by atoms with Crippen molar-refractivity contribution in [1.82, 2.24) is 9.21 Å². The summed E-state index contributed by atoms with van der Waals surface area (Å²) >= 11 is 0. The van der Waals surface area contributed by atoms with Gasteiger partial charge in [-0.2, -0.15) is 17.5 Å². The second-order valence-corrected chi connectivity index (χ2v) is 11.6. The van der Waals surface area contributed by atoms with Crippen LogP contribution in [0.25, 0.3) is 0 Å². The minimum atomic E-state index is -4.79. The highest BCUT2D eigenvalue weighted by Crippen LogP contribution is 2.33. The fourth-order valence-corrected chi connectivity index (χ4v) is 5.46. The summed E-state index contributed by atoms with van der Waals surface area (Å²) in [4.78, 5) is 1.86. The Balaban J connectivity index is 1.66. The van der Waals surface area contributed by atoms with Gasteiger partial charge in [0.15, 0.2) is 0 Å². The third-order valence-corrected chi connectivity index (χ3v) is 7.80. The van der Waals surface area contributed by atoms with E-state index < -0.39 is 27.6 Å². The molecule has 1 aliphatic heterocycles. The second-order valence-electron chi connectivity index (χ2n) is 9.57. The smallest absolute Gasteiger partial charge is 0.377 e. The van der Waals surface area contributed by atoms with E-state index in [4.69, 9.17) is 4.74 Å². The lowest BCUT2D eigenvalue weighted by Crippen LogP contribution is -2.42. The van der Waals surface area contributed by atoms with Gasteiger partial charge in [0.05, 0.1) is 17.9 Å². The van der Waals surface area contributed by atoms with Gasteiger partial charge < -0.3 is 4.74 Å². The van der Waals surface area contributed by atoms with Crippen LogP contribution in [-0.4, -0.2) is 62.8 Å². The zero-order valence-electron chi connectivity index (χ0n) is 21.0. The molecule has 5 nitrogen and oxygen atoms in total. The molecule has 2 aromatic rings. The van der Waals surface area contributed by atoms with Crippen molar-refractivity contribution >= 4 is 10.0 Å². The Morgan fingerprint density at radius 3 is 2.49 bits per heavy atom. The molecule has 1 saturated heterocycles. The van der Waals surface area contributed by atoms with Gasteiger partial charge in [-0.25, -0.2) is 17.2 Å². The summed E-state index contributed by atoms with van der Waals surface area (Å²) in [6, 6.07) is 9.27. The zero-order chi connectivity index (χ0) is 27.2. The molecule has 0 amide bonds. The van der Waals surface area contributed by atoms with Crippen LogP contribution in [0.2, 0.25) is 0 Å². The summed E-state index contributed by atoms with van der Waals surface area (Å²) < 4.78 is 98.6. The van der Waals surface area contributed by atoms with Gasteiger partial charge in [0, 0.05) is 44.9 Å². The summed E-state index contributed by atoms with van der Waals surface area (Å²) in [6.45, 7) is 3.80. The lowest BCUT2D eigenvalue weighted by Gasteiger charge is -2.31. The van der Waals surface area contributed by atoms with E-state index in [9.17, 15) is 30.4 Å². The van der Waals surface area contributed by atoms with Crippen LogP contribution in [-0.2, 0) is 27.5 Å². The molecule has 0 radical (unpaired) electrons. The Labute approximate surface area is 215 Å². The number of benzene rings is 2. The SMILES string of the molecule is CC(CN(CCCOC1CCCN(S(C)(=O)=O)C1)Cc1cccc(C(F)(F)F)c1F)c1ccc(F)cc1. The molecule has 1 fully saturated rings. The maximum absolute atomic E-state index is 14.7. The van der Waals surface area contributed by atoms with Gasteiger partial charge in [0.1, 0.15) is 11.6 Å². The van der Waals surface area contributed by atoms with Crippen molar-refractivity contribution < 1.29 is 35.1 Å². The molecule has 2 aromatic carbocycles. The van der Waals surface area contributed by atoms with Crippen LogP contribution < -0.4 is 0 Å². The van der Waals surface area contributed by atoms with Crippen LogP contribution >= 0.6 is 0 Å². The van der Waals surface area contributed by atoms with Crippen LogP contribution in [0.4, 0.5) is 22.0 Å². The monoisotopic (exact) mass is 548 g/mol. The highest BCUT2D eigenvalue weighted by Gasteiger charge is 2.35. The van der Waals surface area contributed by atoms with Gasteiger partial charge in [0.25, 0.3) is 0 Å². The van der Waals surface area contributed by atoms with Gasteiger partial charge >= 0.3 is 6.18 Å². The highest BCUT2D eigenvalue weighted by atomic mass is 32.2. The average Bonchev–Trinajstić information content (AvgIpc) is 2.82. The van der Waals surface area contributed by atoms with E-state index in [2.05, 4.69) is 0 Å². The van der Waals surface area contributed by atoms with E-state index >= 15 is 0 Å². The van der Waals surface area contributed by atoms with Crippen molar-refractivity contribution in [3.05, 3.63) is 70.8 Å². The van der Waals surface area contributed by atoms with E-state index in [0.29, 0.717) is 45.6 Å². The number of nitrogens with zero attached hydrogens (tertiary/aromatic N) is 2. The van der Waals surface area contributed by atoms with E-state index in [0.717, 1.165) is 18.1 Å². The molecule has 2 unspecified atom stereocenters. The summed E-state index contributed by atoms with van der Waals surface area (Å²) in [5.41, 5.74) is -0.499. The number of halogens is 5. The Bertz CT molecular complexity index is 1130. The van der Waals surface area contributed by atoms with Crippen molar-refractivity contribution in [2.75, 3.05) is 39.0 Å². The molecule has 0 aliphatic carbocycles. The standard InChI is InChI=1S/C26H33F5N2O3S/c1-19(20-9-11-22(27)12-10-20)16-32(17-21-6-3-8-24(25(21)28)26(29,30)31)13-5-15-36-23-7-4-14-33(18-23)37(2,34)35/h3,6,8-12,19,23H,4-5,7,13-18H2,1-2H3. The third-order valence-electron chi connectivity index (χ3n) is 6.53. The molecular weight excluding hydrogens is 515 g/mol. The van der Waals surface area contributed by atoms with E-state index in [1.807, 2.05) is 11.8 Å². The number of sulfonamides is 1. The van der Waals surface area contributed by atoms with Gasteiger partial charge in [-0.1, -0.05) is 31.2 Å². The largest absolute Gasteiger partial charge is 0.419 e. The van der Waals surface area contributed by atoms with Crippen molar-refractivity contribution in [3.63, 3.8) is 0 Å². The summed E-state index contributed by atoms with van der Waals surface area (Å²) in [7, 11) is -3.29. The van der Waals surface area contributed by atoms with Crippen LogP contribution in [0.15, 0.2) is 42.5 Å². The quantitative estimate of drug-likeness (QED) is 0.278. The first-order valence-electron chi connectivity index (χ1n) is 12.2. The minimum absolute atomic E-state index is 0.0351. The molecule has 0 aromatic heterocycles. The third kappa shape index (κ3) is 8.73. The number of piperidine rings is 1. The van der Waals surface area contributed by atoms with Gasteiger partial charge in [-0.3, -0.25) is 4.90 Å². The molecule has 3 rings (SSSR count). The second kappa shape index (κ2) is 12.6. The van der Waals surface area contributed by atoms with Gasteiger partial charge in [-0.15, -0.1) is 0 Å². The molecule has 11 heteroatoms. The lowest BCUT2D eigenvalue weighted by molar-refractivity contribution is -0.140. The fourth-order valence-electron chi connectivity index (χ4n) is 4.56. The van der Waals surface area contributed by atoms with Crippen molar-refractivity contribution in [2.24, 2.45) is 0 Å². The Morgan fingerprint density at radius 1 is 1.14 bits per heavy atom. The Kier molecular flexibility index (Phi) is 10.1. The number of alkyl halides is 3. The first kappa shape index (κ1) is 29.5. The van der Waals surface area contributed by atoms with Crippen LogP contribution in [0.5, 0.6) is 0 Å². The molecule has 0 N–H and O–H groups in total. The number of hydrogen-bond donors (Lipinski definition) is 0. The number of hydrogen-bond acceptors (Lipinski definition) is 4. The maximum atomic E-state index is 14.7. The van der Waals surface area contributed by atoms with Crippen molar-refractivity contribution in [2.45, 2.75) is 50.9 Å². The average molecular weight is 549 g/mol. The first-order valence-corrected chi connectivity index (χ1v) is 14.1. The zero-order valence-corrected chi connectivity index (χ0v) is 21.8. The predicted molar refractivity (Wildman–Crippen MR) is 132 cm³/mol. The van der Waals surface area contributed by atoms with Crippen molar-refractivity contribution in [3.8, 4) is 0 Å². The molecule has 37 heavy (non-hydrogen) atoms. The molecule has 0 bridgehead atoms. The molecule has 2 atom stereocenters. The molecule has 0 spiro atoms. The highest BCUT2D eigenvalue weighted by molar-refractivity contribution is 7.88. The molecule has 1 aliphatic rings. The minimum Gasteiger partial charge on any atom is -0.377 e. The Morgan fingerprint density at radius 2 is 1.84 bits per heavy atom. The van der Waals surface area contributed by atoms with Crippen LogP contribution in [0.3, 0.4) is 0 Å². The van der Waals surface area contributed by atoms with Gasteiger partial charge in [0.2, 0.25) is 10.0 Å². The predicted octanol–water partition coefficient (Wildman–Crippen LogP) is 5.42. The normalized spacial score (nSPS) is 18.3. The number of rotatable bonds is 11. The summed E-state index contributed by atoms with van der Waals surface area (Å²) in [5.74, 6) is -1.74. The molecule has 0 saturated carbocycles. The van der Waals surface area contributed by atoms with E-state index in [1.54, 1.807) is 12.1 Å². The molecule has 1 heterocycles. The summed E-state index contributed by atoms with van der Waals surface area (Å²) in [5, 5.41) is 0.